The summed E-state index contributed by atoms with van der Waals surface area (Å²) in [6, 6.07) is 22.2. The van der Waals surface area contributed by atoms with Crippen LogP contribution in [0.15, 0.2) is 79.0 Å². The highest BCUT2D eigenvalue weighted by atomic mass is 16.3. The average Bonchev–Trinajstić information content (AvgIpc) is 3.32. The second-order valence-electron chi connectivity index (χ2n) is 8.67. The van der Waals surface area contributed by atoms with Gasteiger partial charge in [-0.3, -0.25) is 4.79 Å². The smallest absolute Gasteiger partial charge is 0.237 e. The number of imidazole rings is 1. The van der Waals surface area contributed by atoms with Gasteiger partial charge in [0.05, 0.1) is 24.0 Å². The molecular weight excluding hydrogens is 424 g/mol. The second-order valence-corrected chi connectivity index (χ2v) is 8.67. The third-order valence-electron chi connectivity index (χ3n) is 6.05. The van der Waals surface area contributed by atoms with Crippen molar-refractivity contribution >= 4 is 5.91 Å². The average molecular weight is 455 g/mol. The van der Waals surface area contributed by atoms with Crippen molar-refractivity contribution in [1.82, 2.24) is 15.3 Å². The molecule has 0 aliphatic heterocycles. The molecule has 0 spiro atoms. The highest BCUT2D eigenvalue weighted by molar-refractivity contribution is 5.82. The summed E-state index contributed by atoms with van der Waals surface area (Å²) < 4.78 is 0. The van der Waals surface area contributed by atoms with E-state index in [1.165, 1.54) is 0 Å². The minimum absolute atomic E-state index is 0.215. The van der Waals surface area contributed by atoms with Gasteiger partial charge in [-0.15, -0.1) is 0 Å². The number of aromatic hydroxyl groups is 1. The maximum absolute atomic E-state index is 13.2. The van der Waals surface area contributed by atoms with Crippen molar-refractivity contribution in [3.05, 3.63) is 107 Å². The number of phenolic OH excluding ortho intramolecular Hbond substituents is 1. The lowest BCUT2D eigenvalue weighted by molar-refractivity contribution is -0.123. The van der Waals surface area contributed by atoms with Crippen molar-refractivity contribution in [1.29, 1.82) is 0 Å². The van der Waals surface area contributed by atoms with E-state index in [2.05, 4.69) is 15.3 Å². The van der Waals surface area contributed by atoms with Gasteiger partial charge in [-0.2, -0.15) is 0 Å². The van der Waals surface area contributed by atoms with E-state index in [0.717, 1.165) is 33.5 Å². The highest BCUT2D eigenvalue weighted by Crippen LogP contribution is 2.24. The van der Waals surface area contributed by atoms with Crippen LogP contribution in [0.1, 0.15) is 34.1 Å². The number of aromatic amines is 1. The van der Waals surface area contributed by atoms with Crippen LogP contribution >= 0.6 is 0 Å². The number of aromatic nitrogens is 2. The molecule has 5 N–H and O–H groups in total. The Kier molecular flexibility index (Phi) is 7.09. The number of hydrogen-bond acceptors (Lipinski definition) is 4. The molecule has 0 fully saturated rings. The van der Waals surface area contributed by atoms with Crippen LogP contribution in [-0.4, -0.2) is 27.0 Å². The lowest BCUT2D eigenvalue weighted by Gasteiger charge is -2.21. The lowest BCUT2D eigenvalue weighted by Crippen LogP contribution is -2.44. The molecule has 34 heavy (non-hydrogen) atoms. The zero-order valence-corrected chi connectivity index (χ0v) is 19.5. The molecule has 174 valence electrons. The molecule has 4 aromatic rings. The Labute approximate surface area is 199 Å². The van der Waals surface area contributed by atoms with Gasteiger partial charge in [0.15, 0.2) is 0 Å². The molecule has 0 saturated heterocycles. The summed E-state index contributed by atoms with van der Waals surface area (Å²) in [4.78, 5) is 21.1. The molecule has 2 atom stereocenters. The van der Waals surface area contributed by atoms with Crippen molar-refractivity contribution in [2.24, 2.45) is 5.73 Å². The number of benzene rings is 3. The maximum atomic E-state index is 13.2. The summed E-state index contributed by atoms with van der Waals surface area (Å²) in [5.41, 5.74) is 12.2. The number of carbonyl (C=O) groups is 1. The Morgan fingerprint density at radius 2 is 1.62 bits per heavy atom. The molecular formula is C28H30N4O2. The molecule has 0 aliphatic rings. The first-order chi connectivity index (χ1) is 16.4. The van der Waals surface area contributed by atoms with Crippen molar-refractivity contribution < 1.29 is 9.90 Å². The van der Waals surface area contributed by atoms with E-state index in [0.29, 0.717) is 18.7 Å². The molecule has 0 radical (unpaired) electrons. The Balaban J connectivity index is 1.55. The molecule has 1 aromatic heterocycles. The first kappa shape index (κ1) is 23.3. The predicted molar refractivity (Wildman–Crippen MR) is 134 cm³/mol. The third kappa shape index (κ3) is 5.53. The van der Waals surface area contributed by atoms with E-state index in [-0.39, 0.29) is 17.7 Å². The van der Waals surface area contributed by atoms with Crippen LogP contribution in [0.2, 0.25) is 0 Å². The first-order valence-corrected chi connectivity index (χ1v) is 11.4. The van der Waals surface area contributed by atoms with Crippen molar-refractivity contribution in [2.45, 2.75) is 38.8 Å². The van der Waals surface area contributed by atoms with E-state index < -0.39 is 6.04 Å². The van der Waals surface area contributed by atoms with Crippen LogP contribution in [0.3, 0.4) is 0 Å². The molecule has 1 heterocycles. The number of nitrogens with zero attached hydrogens (tertiary/aromatic N) is 1. The van der Waals surface area contributed by atoms with Gasteiger partial charge in [0.25, 0.3) is 0 Å². The van der Waals surface area contributed by atoms with Gasteiger partial charge >= 0.3 is 0 Å². The standard InChI is InChI=1S/C28H30N4O2/c1-18-13-22(33)14-19(2)23(18)16-24(29)28(34)32-25(15-20-9-5-3-6-10-20)27-30-17-26(31-27)21-11-7-4-8-12-21/h3-14,17,24-25,33H,15-16,29H2,1-2H3,(H,30,31)(H,32,34)/t24-,25-/m0/s1. The number of nitrogens with one attached hydrogen (secondary N) is 2. The summed E-state index contributed by atoms with van der Waals surface area (Å²) >= 11 is 0. The number of aryl methyl sites for hydroxylation is 2. The van der Waals surface area contributed by atoms with E-state index in [1.54, 1.807) is 18.3 Å². The van der Waals surface area contributed by atoms with Crippen molar-refractivity contribution in [2.75, 3.05) is 0 Å². The predicted octanol–water partition coefficient (Wildman–Crippen LogP) is 4.37. The minimum Gasteiger partial charge on any atom is -0.508 e. The number of nitrogens with two attached hydrogens (primary N) is 1. The zero-order valence-electron chi connectivity index (χ0n) is 19.5. The summed E-state index contributed by atoms with van der Waals surface area (Å²) in [5.74, 6) is 0.650. The molecule has 0 bridgehead atoms. The number of rotatable bonds is 8. The summed E-state index contributed by atoms with van der Waals surface area (Å²) in [5, 5.41) is 12.9. The van der Waals surface area contributed by atoms with Gasteiger partial charge in [-0.05, 0) is 66.6 Å². The normalized spacial score (nSPS) is 12.8. The van der Waals surface area contributed by atoms with Gasteiger partial charge in [-0.1, -0.05) is 60.7 Å². The van der Waals surface area contributed by atoms with Gasteiger partial charge in [-0.25, -0.2) is 4.98 Å². The molecule has 4 rings (SSSR count). The van der Waals surface area contributed by atoms with Gasteiger partial charge in [0, 0.05) is 0 Å². The van der Waals surface area contributed by atoms with Gasteiger partial charge in [0.1, 0.15) is 11.6 Å². The van der Waals surface area contributed by atoms with Crippen LogP contribution in [0, 0.1) is 13.8 Å². The lowest BCUT2D eigenvalue weighted by atomic mass is 9.95. The fourth-order valence-electron chi connectivity index (χ4n) is 4.23. The third-order valence-corrected chi connectivity index (χ3v) is 6.05. The summed E-state index contributed by atoms with van der Waals surface area (Å²) in [7, 11) is 0. The van der Waals surface area contributed by atoms with E-state index >= 15 is 0 Å². The highest BCUT2D eigenvalue weighted by Gasteiger charge is 2.23. The zero-order chi connectivity index (χ0) is 24.1. The van der Waals surface area contributed by atoms with Crippen LogP contribution in [-0.2, 0) is 17.6 Å². The van der Waals surface area contributed by atoms with Crippen molar-refractivity contribution in [3.63, 3.8) is 0 Å². The fourth-order valence-corrected chi connectivity index (χ4v) is 4.23. The Morgan fingerprint density at radius 3 is 2.26 bits per heavy atom. The molecule has 6 heteroatoms. The van der Waals surface area contributed by atoms with Gasteiger partial charge in [0.2, 0.25) is 5.91 Å². The Morgan fingerprint density at radius 1 is 1.00 bits per heavy atom. The number of carbonyl (C=O) groups excluding carboxylic acids is 1. The minimum atomic E-state index is -0.733. The molecule has 0 unspecified atom stereocenters. The van der Waals surface area contributed by atoms with Crippen molar-refractivity contribution in [3.8, 4) is 17.0 Å². The maximum Gasteiger partial charge on any atom is 0.237 e. The van der Waals surface area contributed by atoms with Gasteiger partial charge < -0.3 is 21.1 Å². The molecule has 0 saturated carbocycles. The van der Waals surface area contributed by atoms with Crippen LogP contribution < -0.4 is 11.1 Å². The molecule has 1 amide bonds. The topological polar surface area (TPSA) is 104 Å². The second kappa shape index (κ2) is 10.4. The van der Waals surface area contributed by atoms with E-state index in [4.69, 9.17) is 5.73 Å². The quantitative estimate of drug-likeness (QED) is 0.317. The SMILES string of the molecule is Cc1cc(O)cc(C)c1C[C@H](N)C(=O)N[C@@H](Cc1ccccc1)c1ncc(-c2ccccc2)[nH]1. The number of hydrogen-bond donors (Lipinski definition) is 4. The Bertz CT molecular complexity index is 1230. The number of H-pyrrole nitrogens is 1. The number of phenols is 1. The van der Waals surface area contributed by atoms with Crippen LogP contribution in [0.5, 0.6) is 5.75 Å². The van der Waals surface area contributed by atoms with Crippen LogP contribution in [0.25, 0.3) is 11.3 Å². The first-order valence-electron chi connectivity index (χ1n) is 11.4. The summed E-state index contributed by atoms with van der Waals surface area (Å²) in [6.45, 7) is 3.83. The molecule has 3 aromatic carbocycles. The number of amides is 1. The monoisotopic (exact) mass is 454 g/mol. The summed E-state index contributed by atoms with van der Waals surface area (Å²) in [6.07, 6.45) is 2.76. The Hall–Kier alpha value is -3.90. The van der Waals surface area contributed by atoms with Crippen LogP contribution in [0.4, 0.5) is 0 Å². The molecule has 0 aliphatic carbocycles. The van der Waals surface area contributed by atoms with E-state index in [9.17, 15) is 9.90 Å². The molecule has 6 nitrogen and oxygen atoms in total. The van der Waals surface area contributed by atoms with E-state index in [1.807, 2.05) is 74.5 Å². The fraction of sp³-hybridized carbons (Fsp3) is 0.214. The largest absolute Gasteiger partial charge is 0.508 e.